The maximum absolute atomic E-state index is 12.7. The van der Waals surface area contributed by atoms with Crippen molar-refractivity contribution in [1.29, 1.82) is 0 Å². The molecule has 1 aromatic heterocycles. The second-order valence-corrected chi connectivity index (χ2v) is 8.19. The summed E-state index contributed by atoms with van der Waals surface area (Å²) in [7, 11) is 3.04. The van der Waals surface area contributed by atoms with Crippen molar-refractivity contribution < 1.29 is 19.1 Å². The van der Waals surface area contributed by atoms with Crippen molar-refractivity contribution in [2.75, 3.05) is 24.9 Å². The van der Waals surface area contributed by atoms with E-state index in [-0.39, 0.29) is 18.2 Å². The molecule has 0 spiro atoms. The third-order valence-electron chi connectivity index (χ3n) is 5.01. The van der Waals surface area contributed by atoms with Crippen LogP contribution in [0.15, 0.2) is 78.2 Å². The first-order valence-electron chi connectivity index (χ1n) is 10.5. The van der Waals surface area contributed by atoms with Gasteiger partial charge in [0.2, 0.25) is 5.91 Å². The number of rotatable bonds is 8. The number of methoxy groups -OCH3 is 2. The summed E-state index contributed by atoms with van der Waals surface area (Å²) in [5.74, 6) is 0.483. The van der Waals surface area contributed by atoms with Crippen molar-refractivity contribution in [3.05, 3.63) is 89.4 Å². The molecule has 2 N–H and O–H groups in total. The van der Waals surface area contributed by atoms with Crippen LogP contribution in [0.2, 0.25) is 0 Å². The van der Waals surface area contributed by atoms with Crippen LogP contribution < -0.4 is 20.1 Å². The molecule has 4 aromatic rings. The van der Waals surface area contributed by atoms with Crippen LogP contribution in [0.4, 0.5) is 10.8 Å². The first kappa shape index (κ1) is 23.0. The molecule has 34 heavy (non-hydrogen) atoms. The minimum atomic E-state index is -0.348. The minimum absolute atomic E-state index is 0.0858. The molecule has 0 saturated heterocycles. The van der Waals surface area contributed by atoms with E-state index >= 15 is 0 Å². The molecular weight excluding hydrogens is 450 g/mol. The van der Waals surface area contributed by atoms with Gasteiger partial charge in [0, 0.05) is 28.3 Å². The molecule has 0 radical (unpaired) electrons. The van der Waals surface area contributed by atoms with E-state index in [9.17, 15) is 9.59 Å². The summed E-state index contributed by atoms with van der Waals surface area (Å²) in [4.78, 5) is 29.7. The van der Waals surface area contributed by atoms with Crippen LogP contribution in [0.25, 0.3) is 11.1 Å². The zero-order valence-corrected chi connectivity index (χ0v) is 19.5. The van der Waals surface area contributed by atoms with E-state index in [1.807, 2.05) is 54.6 Å². The van der Waals surface area contributed by atoms with Gasteiger partial charge in [-0.2, -0.15) is 0 Å². The highest BCUT2D eigenvalue weighted by Gasteiger charge is 2.14. The summed E-state index contributed by atoms with van der Waals surface area (Å²) in [6.07, 6.45) is 0.0858. The fourth-order valence-corrected chi connectivity index (χ4v) is 4.08. The Morgan fingerprint density at radius 2 is 1.56 bits per heavy atom. The Morgan fingerprint density at radius 1 is 0.882 bits per heavy atom. The van der Waals surface area contributed by atoms with Gasteiger partial charge < -0.3 is 14.8 Å². The highest BCUT2D eigenvalue weighted by Crippen LogP contribution is 2.28. The molecular formula is C26H23N3O4S. The summed E-state index contributed by atoms with van der Waals surface area (Å²) in [6, 6.07) is 22.4. The number of hydrogen-bond donors (Lipinski definition) is 2. The average Bonchev–Trinajstić information content (AvgIpc) is 3.30. The van der Waals surface area contributed by atoms with Gasteiger partial charge in [-0.05, 0) is 23.8 Å². The topological polar surface area (TPSA) is 89.6 Å². The number of aromatic nitrogens is 1. The normalized spacial score (nSPS) is 10.4. The maximum atomic E-state index is 12.7. The van der Waals surface area contributed by atoms with Gasteiger partial charge >= 0.3 is 0 Å². The molecule has 0 fully saturated rings. The summed E-state index contributed by atoms with van der Waals surface area (Å²) in [6.45, 7) is 0. The van der Waals surface area contributed by atoms with Gasteiger partial charge in [0.25, 0.3) is 5.91 Å². The van der Waals surface area contributed by atoms with Crippen molar-refractivity contribution in [2.24, 2.45) is 0 Å². The molecule has 0 saturated carbocycles. The molecule has 2 amide bonds. The molecule has 172 valence electrons. The van der Waals surface area contributed by atoms with Crippen molar-refractivity contribution in [1.82, 2.24) is 4.98 Å². The SMILES string of the molecule is COc1cc(OC)cc(C(=O)Nc2nc(CC(=O)Nc3ccccc3-c3ccccc3)cs2)c1. The van der Waals surface area contributed by atoms with E-state index in [1.54, 1.807) is 23.6 Å². The van der Waals surface area contributed by atoms with Crippen LogP contribution in [-0.2, 0) is 11.2 Å². The lowest BCUT2D eigenvalue weighted by Gasteiger charge is -2.11. The third kappa shape index (κ3) is 5.60. The van der Waals surface area contributed by atoms with Crippen LogP contribution >= 0.6 is 11.3 Å². The fourth-order valence-electron chi connectivity index (χ4n) is 3.37. The van der Waals surface area contributed by atoms with Crippen molar-refractivity contribution in [2.45, 2.75) is 6.42 Å². The molecule has 4 rings (SSSR count). The predicted octanol–water partition coefficient (Wildman–Crippen LogP) is 5.26. The number of anilines is 2. The standard InChI is InChI=1S/C26H23N3O4S/c1-32-20-12-18(13-21(15-20)33-2)25(31)29-26-27-19(16-34-26)14-24(30)28-23-11-7-6-10-22(23)17-8-4-3-5-9-17/h3-13,15-16H,14H2,1-2H3,(H,28,30)(H,27,29,31). The Kier molecular flexibility index (Phi) is 7.19. The summed E-state index contributed by atoms with van der Waals surface area (Å²) >= 11 is 1.26. The molecule has 1 heterocycles. The zero-order chi connectivity index (χ0) is 23.9. The van der Waals surface area contributed by atoms with Gasteiger partial charge in [-0.25, -0.2) is 4.98 Å². The highest BCUT2D eigenvalue weighted by molar-refractivity contribution is 7.14. The Balaban J connectivity index is 1.41. The molecule has 0 atom stereocenters. The number of nitrogens with zero attached hydrogens (tertiary/aromatic N) is 1. The van der Waals surface area contributed by atoms with Gasteiger partial charge in [0.1, 0.15) is 11.5 Å². The van der Waals surface area contributed by atoms with E-state index in [0.29, 0.717) is 27.9 Å². The number of ether oxygens (including phenoxy) is 2. The Labute approximate surface area is 201 Å². The first-order valence-corrected chi connectivity index (χ1v) is 11.4. The highest BCUT2D eigenvalue weighted by atomic mass is 32.1. The van der Waals surface area contributed by atoms with Crippen LogP contribution in [0.3, 0.4) is 0 Å². The molecule has 0 aliphatic heterocycles. The lowest BCUT2D eigenvalue weighted by molar-refractivity contribution is -0.115. The number of hydrogen-bond acceptors (Lipinski definition) is 6. The Bertz CT molecular complexity index is 1280. The average molecular weight is 474 g/mol. The lowest BCUT2D eigenvalue weighted by Crippen LogP contribution is -2.15. The van der Waals surface area contributed by atoms with Crippen molar-refractivity contribution >= 4 is 34.0 Å². The van der Waals surface area contributed by atoms with E-state index in [2.05, 4.69) is 15.6 Å². The smallest absolute Gasteiger partial charge is 0.257 e. The molecule has 0 aliphatic rings. The number of carbonyl (C=O) groups is 2. The number of nitrogens with one attached hydrogen (secondary N) is 2. The summed E-state index contributed by atoms with van der Waals surface area (Å²) in [5, 5.41) is 7.89. The molecule has 8 heteroatoms. The molecule has 7 nitrogen and oxygen atoms in total. The first-order chi connectivity index (χ1) is 16.6. The molecule has 0 unspecified atom stereocenters. The second kappa shape index (κ2) is 10.6. The zero-order valence-electron chi connectivity index (χ0n) is 18.7. The number of thiazole rings is 1. The van der Waals surface area contributed by atoms with E-state index in [0.717, 1.165) is 16.8 Å². The minimum Gasteiger partial charge on any atom is -0.497 e. The van der Waals surface area contributed by atoms with Gasteiger partial charge in [-0.3, -0.25) is 14.9 Å². The van der Waals surface area contributed by atoms with Gasteiger partial charge in [-0.15, -0.1) is 11.3 Å². The van der Waals surface area contributed by atoms with E-state index in [1.165, 1.54) is 25.6 Å². The van der Waals surface area contributed by atoms with Crippen LogP contribution in [0.5, 0.6) is 11.5 Å². The van der Waals surface area contributed by atoms with E-state index in [4.69, 9.17) is 9.47 Å². The third-order valence-corrected chi connectivity index (χ3v) is 5.82. The Hall–Kier alpha value is -4.17. The maximum Gasteiger partial charge on any atom is 0.257 e. The van der Waals surface area contributed by atoms with Crippen LogP contribution in [0, 0.1) is 0 Å². The summed E-state index contributed by atoms with van der Waals surface area (Å²) in [5.41, 5.74) is 3.64. The van der Waals surface area contributed by atoms with Crippen molar-refractivity contribution in [3.63, 3.8) is 0 Å². The van der Waals surface area contributed by atoms with E-state index < -0.39 is 0 Å². The monoisotopic (exact) mass is 473 g/mol. The molecule has 0 aliphatic carbocycles. The second-order valence-electron chi connectivity index (χ2n) is 7.34. The summed E-state index contributed by atoms with van der Waals surface area (Å²) < 4.78 is 10.4. The van der Waals surface area contributed by atoms with Gasteiger partial charge in [0.15, 0.2) is 5.13 Å². The predicted molar refractivity (Wildman–Crippen MR) is 134 cm³/mol. The van der Waals surface area contributed by atoms with Crippen LogP contribution in [-0.4, -0.2) is 31.0 Å². The molecule has 3 aromatic carbocycles. The number of carbonyl (C=O) groups excluding carboxylic acids is 2. The van der Waals surface area contributed by atoms with Gasteiger partial charge in [-0.1, -0.05) is 48.5 Å². The Morgan fingerprint density at radius 3 is 2.26 bits per heavy atom. The fraction of sp³-hybridized carbons (Fsp3) is 0.115. The van der Waals surface area contributed by atoms with Gasteiger partial charge in [0.05, 0.1) is 26.3 Å². The molecule has 0 bridgehead atoms. The number of benzene rings is 3. The number of para-hydroxylation sites is 1. The number of amides is 2. The quantitative estimate of drug-likeness (QED) is 0.364. The van der Waals surface area contributed by atoms with Crippen molar-refractivity contribution in [3.8, 4) is 22.6 Å². The largest absolute Gasteiger partial charge is 0.497 e. The van der Waals surface area contributed by atoms with Crippen LogP contribution in [0.1, 0.15) is 16.1 Å². The lowest BCUT2D eigenvalue weighted by atomic mass is 10.0.